The van der Waals surface area contributed by atoms with Crippen LogP contribution in [0.4, 0.5) is 0 Å². The number of benzene rings is 1. The molecular formula is C20H30BNO5. The molecule has 0 saturated carbocycles. The molecule has 2 heterocycles. The molecule has 3 rings (SSSR count). The summed E-state index contributed by atoms with van der Waals surface area (Å²) in [4.78, 5) is 14.6. The van der Waals surface area contributed by atoms with Crippen molar-refractivity contribution in [3.05, 3.63) is 23.8 Å². The molecule has 0 spiro atoms. The summed E-state index contributed by atoms with van der Waals surface area (Å²) in [6.45, 7) is 9.49. The van der Waals surface area contributed by atoms with Crippen LogP contribution >= 0.6 is 0 Å². The summed E-state index contributed by atoms with van der Waals surface area (Å²) in [6.07, 6.45) is 1.30. The average Bonchev–Trinajstić information content (AvgIpc) is 3.17. The van der Waals surface area contributed by atoms with Gasteiger partial charge in [0.2, 0.25) is 5.91 Å². The van der Waals surface area contributed by atoms with Crippen LogP contribution in [0.3, 0.4) is 0 Å². The number of nitrogens with zero attached hydrogens (tertiary/aromatic N) is 1. The van der Waals surface area contributed by atoms with Gasteiger partial charge in [-0.1, -0.05) is 12.1 Å². The fourth-order valence-electron chi connectivity index (χ4n) is 3.48. The van der Waals surface area contributed by atoms with E-state index in [0.717, 1.165) is 24.0 Å². The summed E-state index contributed by atoms with van der Waals surface area (Å²) in [7, 11) is 2.85. The van der Waals surface area contributed by atoms with E-state index in [9.17, 15) is 4.79 Å². The highest BCUT2D eigenvalue weighted by Gasteiger charge is 2.51. The molecule has 7 heteroatoms. The molecule has 1 atom stereocenters. The Kier molecular flexibility index (Phi) is 5.57. The molecule has 27 heavy (non-hydrogen) atoms. The van der Waals surface area contributed by atoms with Gasteiger partial charge in [-0.15, -0.1) is 0 Å². The van der Waals surface area contributed by atoms with E-state index in [-0.39, 0.29) is 18.4 Å². The minimum atomic E-state index is -0.459. The van der Waals surface area contributed by atoms with Crippen molar-refractivity contribution in [2.45, 2.75) is 57.8 Å². The standard InChI is InChI=1S/C20H30BNO5/c1-19(2)20(3,4)27-21(26-19)15-7-8-17(25-6)14(11-15)12-18(23)22-10-9-16(13-22)24-5/h7-8,11,16H,9-10,12-13H2,1-6H3. The third-order valence-electron chi connectivity index (χ3n) is 6.00. The van der Waals surface area contributed by atoms with E-state index in [1.807, 2.05) is 50.8 Å². The minimum absolute atomic E-state index is 0.0823. The normalized spacial score (nSPS) is 23.7. The van der Waals surface area contributed by atoms with Crippen LogP contribution in [-0.4, -0.2) is 62.5 Å². The number of carbonyl (C=O) groups excluding carboxylic acids is 1. The largest absolute Gasteiger partial charge is 0.496 e. The molecule has 148 valence electrons. The van der Waals surface area contributed by atoms with Gasteiger partial charge in [0.15, 0.2) is 0 Å². The van der Waals surface area contributed by atoms with Crippen molar-refractivity contribution >= 4 is 18.5 Å². The number of likely N-dealkylation sites (tertiary alicyclic amines) is 1. The van der Waals surface area contributed by atoms with Crippen molar-refractivity contribution in [1.29, 1.82) is 0 Å². The first-order valence-electron chi connectivity index (χ1n) is 9.50. The molecule has 0 radical (unpaired) electrons. The second kappa shape index (κ2) is 7.45. The Morgan fingerprint density at radius 3 is 2.44 bits per heavy atom. The average molecular weight is 375 g/mol. The molecule has 1 aromatic carbocycles. The molecule has 2 aliphatic heterocycles. The van der Waals surface area contributed by atoms with Crippen molar-refractivity contribution < 1.29 is 23.6 Å². The van der Waals surface area contributed by atoms with Crippen LogP contribution in [0.1, 0.15) is 39.7 Å². The lowest BCUT2D eigenvalue weighted by Crippen LogP contribution is -2.41. The van der Waals surface area contributed by atoms with Gasteiger partial charge >= 0.3 is 7.12 Å². The zero-order chi connectivity index (χ0) is 19.8. The summed E-state index contributed by atoms with van der Waals surface area (Å²) in [5.41, 5.74) is 0.931. The fraction of sp³-hybridized carbons (Fsp3) is 0.650. The summed E-state index contributed by atoms with van der Waals surface area (Å²) < 4.78 is 23.1. The number of methoxy groups -OCH3 is 2. The lowest BCUT2D eigenvalue weighted by atomic mass is 9.78. The quantitative estimate of drug-likeness (QED) is 0.735. The van der Waals surface area contributed by atoms with E-state index in [0.29, 0.717) is 12.3 Å². The van der Waals surface area contributed by atoms with E-state index in [1.54, 1.807) is 14.2 Å². The van der Waals surface area contributed by atoms with E-state index in [4.69, 9.17) is 18.8 Å². The Bertz CT molecular complexity index is 690. The number of amides is 1. The van der Waals surface area contributed by atoms with Gasteiger partial charge in [-0.05, 0) is 45.6 Å². The smallest absolute Gasteiger partial charge is 0.494 e. The minimum Gasteiger partial charge on any atom is -0.496 e. The highest BCUT2D eigenvalue weighted by Crippen LogP contribution is 2.36. The van der Waals surface area contributed by atoms with Gasteiger partial charge < -0.3 is 23.7 Å². The summed E-state index contributed by atoms with van der Waals surface area (Å²) in [6, 6.07) is 5.78. The van der Waals surface area contributed by atoms with Crippen LogP contribution in [0.5, 0.6) is 5.75 Å². The predicted octanol–water partition coefficient (Wildman–Crippen LogP) is 1.78. The molecule has 1 unspecified atom stereocenters. The molecule has 2 saturated heterocycles. The fourth-order valence-corrected chi connectivity index (χ4v) is 3.48. The van der Waals surface area contributed by atoms with Crippen LogP contribution in [0.15, 0.2) is 18.2 Å². The van der Waals surface area contributed by atoms with Crippen LogP contribution < -0.4 is 10.2 Å². The van der Waals surface area contributed by atoms with Crippen LogP contribution in [0.25, 0.3) is 0 Å². The molecule has 0 aliphatic carbocycles. The zero-order valence-corrected chi connectivity index (χ0v) is 17.2. The van der Waals surface area contributed by atoms with Crippen molar-refractivity contribution in [2.75, 3.05) is 27.3 Å². The van der Waals surface area contributed by atoms with Crippen LogP contribution in [-0.2, 0) is 25.3 Å². The topological polar surface area (TPSA) is 57.2 Å². The van der Waals surface area contributed by atoms with Gasteiger partial charge in [0.05, 0.1) is 30.8 Å². The molecule has 0 N–H and O–H groups in total. The highest BCUT2D eigenvalue weighted by molar-refractivity contribution is 6.62. The summed E-state index contributed by atoms with van der Waals surface area (Å²) in [5.74, 6) is 0.782. The molecule has 1 aromatic rings. The third kappa shape index (κ3) is 4.00. The summed E-state index contributed by atoms with van der Waals surface area (Å²) >= 11 is 0. The Labute approximate surface area is 162 Å². The molecule has 0 aromatic heterocycles. The Hall–Kier alpha value is -1.57. The van der Waals surface area contributed by atoms with Gasteiger partial charge in [0.25, 0.3) is 0 Å². The number of ether oxygens (including phenoxy) is 2. The maximum absolute atomic E-state index is 12.7. The maximum Gasteiger partial charge on any atom is 0.494 e. The first kappa shape index (κ1) is 20.2. The number of hydrogen-bond acceptors (Lipinski definition) is 5. The van der Waals surface area contributed by atoms with Crippen LogP contribution in [0.2, 0.25) is 0 Å². The molecular weight excluding hydrogens is 345 g/mol. The van der Waals surface area contributed by atoms with Gasteiger partial charge in [0.1, 0.15) is 5.75 Å². The van der Waals surface area contributed by atoms with Gasteiger partial charge in [0, 0.05) is 25.8 Å². The lowest BCUT2D eigenvalue weighted by molar-refractivity contribution is -0.129. The van der Waals surface area contributed by atoms with E-state index in [1.165, 1.54) is 0 Å². The molecule has 0 bridgehead atoms. The zero-order valence-electron chi connectivity index (χ0n) is 17.2. The Morgan fingerprint density at radius 2 is 1.89 bits per heavy atom. The number of rotatable bonds is 5. The predicted molar refractivity (Wildman–Crippen MR) is 104 cm³/mol. The second-order valence-corrected chi connectivity index (χ2v) is 8.32. The maximum atomic E-state index is 12.7. The Morgan fingerprint density at radius 1 is 1.22 bits per heavy atom. The van der Waals surface area contributed by atoms with Crippen molar-refractivity contribution in [3.63, 3.8) is 0 Å². The Balaban J connectivity index is 1.78. The van der Waals surface area contributed by atoms with Gasteiger partial charge in [-0.2, -0.15) is 0 Å². The molecule has 2 aliphatic rings. The van der Waals surface area contributed by atoms with Crippen LogP contribution in [0, 0.1) is 0 Å². The first-order valence-corrected chi connectivity index (χ1v) is 9.50. The molecule has 1 amide bonds. The molecule has 2 fully saturated rings. The van der Waals surface area contributed by atoms with Crippen molar-refractivity contribution in [3.8, 4) is 5.75 Å². The summed E-state index contributed by atoms with van der Waals surface area (Å²) in [5, 5.41) is 0. The molecule has 6 nitrogen and oxygen atoms in total. The van der Waals surface area contributed by atoms with E-state index in [2.05, 4.69) is 0 Å². The van der Waals surface area contributed by atoms with Crippen molar-refractivity contribution in [2.24, 2.45) is 0 Å². The van der Waals surface area contributed by atoms with E-state index >= 15 is 0 Å². The highest BCUT2D eigenvalue weighted by atomic mass is 16.7. The number of carbonyl (C=O) groups is 1. The van der Waals surface area contributed by atoms with Gasteiger partial charge in [-0.25, -0.2) is 0 Å². The monoisotopic (exact) mass is 375 g/mol. The third-order valence-corrected chi connectivity index (χ3v) is 6.00. The number of hydrogen-bond donors (Lipinski definition) is 0. The first-order chi connectivity index (χ1) is 12.7. The van der Waals surface area contributed by atoms with E-state index < -0.39 is 18.3 Å². The van der Waals surface area contributed by atoms with Gasteiger partial charge in [-0.3, -0.25) is 4.79 Å². The SMILES string of the molecule is COc1ccc(B2OC(C)(C)C(C)(C)O2)cc1CC(=O)N1CCC(OC)C1. The van der Waals surface area contributed by atoms with Crippen molar-refractivity contribution in [1.82, 2.24) is 4.90 Å². The second-order valence-electron chi connectivity index (χ2n) is 8.32. The lowest BCUT2D eigenvalue weighted by Gasteiger charge is -2.32.